The van der Waals surface area contributed by atoms with Gasteiger partial charge in [-0.25, -0.2) is 0 Å². The lowest BCUT2D eigenvalue weighted by atomic mass is 10.1. The smallest absolute Gasteiger partial charge is 0.127 e. The molecule has 0 aliphatic heterocycles. The number of ether oxygens (including phenoxy) is 1. The van der Waals surface area contributed by atoms with Gasteiger partial charge in [0.15, 0.2) is 0 Å². The van der Waals surface area contributed by atoms with Crippen molar-refractivity contribution < 1.29 is 4.74 Å². The summed E-state index contributed by atoms with van der Waals surface area (Å²) < 4.78 is 6.12. The molecule has 0 heterocycles. The van der Waals surface area contributed by atoms with Crippen molar-refractivity contribution in [1.29, 1.82) is 0 Å². The van der Waals surface area contributed by atoms with Crippen molar-refractivity contribution >= 4 is 25.4 Å². The molecule has 0 radical (unpaired) electrons. The Morgan fingerprint density at radius 3 is 2.19 bits per heavy atom. The Hall–Kier alpha value is -2.44. The summed E-state index contributed by atoms with van der Waals surface area (Å²) in [4.78, 5) is 4.68. The second-order valence-corrected chi connectivity index (χ2v) is 8.74. The summed E-state index contributed by atoms with van der Waals surface area (Å²) in [5, 5.41) is 2.49. The largest absolute Gasteiger partial charge is 0.488 e. The van der Waals surface area contributed by atoms with Crippen molar-refractivity contribution in [1.82, 2.24) is 0 Å². The van der Waals surface area contributed by atoms with Gasteiger partial charge in [0, 0.05) is 17.1 Å². The van der Waals surface area contributed by atoms with Crippen LogP contribution in [0.5, 0.6) is 5.75 Å². The number of hydrogen-bond acceptors (Lipinski definition) is 2. The molecule has 27 heavy (non-hydrogen) atoms. The maximum atomic E-state index is 6.12. The molecule has 3 aromatic carbocycles. The van der Waals surface area contributed by atoms with Crippen molar-refractivity contribution in [2.45, 2.75) is 32.9 Å². The molecule has 138 valence electrons. The van der Waals surface area contributed by atoms with E-state index >= 15 is 0 Å². The predicted molar refractivity (Wildman–Crippen MR) is 119 cm³/mol. The Kier molecular flexibility index (Phi) is 6.42. The quantitative estimate of drug-likeness (QED) is 0.433. The lowest BCUT2D eigenvalue weighted by molar-refractivity contribution is 0.309. The van der Waals surface area contributed by atoms with Crippen molar-refractivity contribution in [2.75, 3.05) is 0 Å². The summed E-state index contributed by atoms with van der Waals surface area (Å²) in [6, 6.07) is 27.0. The van der Waals surface area contributed by atoms with Gasteiger partial charge in [0.2, 0.25) is 0 Å². The summed E-state index contributed by atoms with van der Waals surface area (Å²) >= 11 is 0. The SMILES string of the molecule is CC(C)(C)N=Cc1ccccc1Pc1ccccc1OCc1ccccc1. The van der Waals surface area contributed by atoms with E-state index in [1.807, 2.05) is 30.5 Å². The molecule has 0 saturated heterocycles. The fraction of sp³-hybridized carbons (Fsp3) is 0.208. The van der Waals surface area contributed by atoms with Gasteiger partial charge in [-0.2, -0.15) is 0 Å². The van der Waals surface area contributed by atoms with E-state index in [1.54, 1.807) is 0 Å². The van der Waals surface area contributed by atoms with Gasteiger partial charge in [-0.15, -0.1) is 0 Å². The van der Waals surface area contributed by atoms with Gasteiger partial charge in [0.25, 0.3) is 0 Å². The second kappa shape index (κ2) is 8.97. The average Bonchev–Trinajstić information content (AvgIpc) is 2.67. The fourth-order valence-corrected chi connectivity index (χ4v) is 3.78. The van der Waals surface area contributed by atoms with Crippen molar-refractivity contribution in [3.05, 3.63) is 90.0 Å². The zero-order valence-corrected chi connectivity index (χ0v) is 17.1. The minimum atomic E-state index is -0.0765. The molecule has 0 N–H and O–H groups in total. The van der Waals surface area contributed by atoms with Crippen LogP contribution in [0.15, 0.2) is 83.9 Å². The van der Waals surface area contributed by atoms with Crippen LogP contribution in [0.2, 0.25) is 0 Å². The average molecular weight is 375 g/mol. The Morgan fingerprint density at radius 1 is 0.815 bits per heavy atom. The minimum Gasteiger partial charge on any atom is -0.488 e. The number of rotatable bonds is 6. The molecular formula is C24H26NOP. The van der Waals surface area contributed by atoms with Gasteiger partial charge in [-0.05, 0) is 37.7 Å². The summed E-state index contributed by atoms with van der Waals surface area (Å²) in [5.41, 5.74) is 2.27. The van der Waals surface area contributed by atoms with E-state index in [4.69, 9.17) is 4.74 Å². The molecule has 0 bridgehead atoms. The van der Waals surface area contributed by atoms with Crippen molar-refractivity contribution in [2.24, 2.45) is 4.99 Å². The normalized spacial score (nSPS) is 12.1. The lowest BCUT2D eigenvalue weighted by Crippen LogP contribution is -2.14. The molecule has 3 heteroatoms. The molecular weight excluding hydrogens is 349 g/mol. The highest BCUT2D eigenvalue weighted by Crippen LogP contribution is 2.21. The molecule has 0 saturated carbocycles. The third-order valence-electron chi connectivity index (χ3n) is 3.95. The van der Waals surface area contributed by atoms with E-state index in [-0.39, 0.29) is 5.54 Å². The number of benzene rings is 3. The molecule has 0 spiro atoms. The van der Waals surface area contributed by atoms with Crippen LogP contribution in [0, 0.1) is 0 Å². The van der Waals surface area contributed by atoms with Crippen LogP contribution in [0.1, 0.15) is 31.9 Å². The first-order valence-electron chi connectivity index (χ1n) is 9.18. The van der Waals surface area contributed by atoms with Gasteiger partial charge in [0.05, 0.1) is 5.54 Å². The molecule has 2 nitrogen and oxygen atoms in total. The van der Waals surface area contributed by atoms with E-state index in [0.29, 0.717) is 15.2 Å². The van der Waals surface area contributed by atoms with Crippen LogP contribution in [-0.4, -0.2) is 11.8 Å². The predicted octanol–water partition coefficient (Wildman–Crippen LogP) is 5.11. The van der Waals surface area contributed by atoms with E-state index in [9.17, 15) is 0 Å². The van der Waals surface area contributed by atoms with Gasteiger partial charge in [-0.1, -0.05) is 81.4 Å². The van der Waals surface area contributed by atoms with Crippen LogP contribution in [0.4, 0.5) is 0 Å². The Morgan fingerprint density at radius 2 is 1.44 bits per heavy atom. The molecule has 0 aliphatic carbocycles. The number of nitrogens with zero attached hydrogens (tertiary/aromatic N) is 1. The van der Waals surface area contributed by atoms with E-state index in [2.05, 4.69) is 80.4 Å². The number of para-hydroxylation sites is 1. The number of aliphatic imine (C=N–C) groups is 1. The molecule has 3 aromatic rings. The van der Waals surface area contributed by atoms with E-state index < -0.39 is 0 Å². The molecule has 0 amide bonds. The monoisotopic (exact) mass is 375 g/mol. The van der Waals surface area contributed by atoms with Crippen LogP contribution < -0.4 is 15.3 Å². The summed E-state index contributed by atoms with van der Waals surface area (Å²) in [6.45, 7) is 6.92. The van der Waals surface area contributed by atoms with Crippen LogP contribution in [0.3, 0.4) is 0 Å². The maximum absolute atomic E-state index is 6.12. The lowest BCUT2D eigenvalue weighted by Gasteiger charge is -2.14. The summed E-state index contributed by atoms with van der Waals surface area (Å²) in [7, 11) is 0.519. The van der Waals surface area contributed by atoms with Gasteiger partial charge < -0.3 is 4.74 Å². The topological polar surface area (TPSA) is 21.6 Å². The summed E-state index contributed by atoms with van der Waals surface area (Å²) in [6.07, 6.45) is 2.00. The van der Waals surface area contributed by atoms with Crippen LogP contribution in [-0.2, 0) is 6.61 Å². The molecule has 0 aliphatic rings. The first-order chi connectivity index (χ1) is 13.0. The number of hydrogen-bond donors (Lipinski definition) is 0. The molecule has 0 fully saturated rings. The first kappa shape index (κ1) is 19.3. The third kappa shape index (κ3) is 6.05. The van der Waals surface area contributed by atoms with E-state index in [0.717, 1.165) is 5.75 Å². The van der Waals surface area contributed by atoms with Gasteiger partial charge in [-0.3, -0.25) is 4.99 Å². The highest BCUT2D eigenvalue weighted by molar-refractivity contribution is 7.56. The minimum absolute atomic E-state index is 0.0765. The standard InChI is InChI=1S/C24H26NOP/c1-24(2,3)25-17-20-13-7-9-15-22(20)27-23-16-10-8-14-21(23)26-18-19-11-5-4-6-12-19/h4-17,27H,18H2,1-3H3. The Balaban J connectivity index is 1.80. The molecule has 1 atom stereocenters. The third-order valence-corrected chi connectivity index (χ3v) is 5.35. The Labute approximate surface area is 164 Å². The van der Waals surface area contributed by atoms with Crippen molar-refractivity contribution in [3.63, 3.8) is 0 Å². The highest BCUT2D eigenvalue weighted by Gasteiger charge is 2.09. The molecule has 0 aromatic heterocycles. The zero-order chi connectivity index (χ0) is 19.1. The Bertz CT molecular complexity index is 898. The highest BCUT2D eigenvalue weighted by atomic mass is 31.1. The van der Waals surface area contributed by atoms with E-state index in [1.165, 1.54) is 21.7 Å². The van der Waals surface area contributed by atoms with Gasteiger partial charge in [0.1, 0.15) is 12.4 Å². The van der Waals surface area contributed by atoms with Crippen molar-refractivity contribution in [3.8, 4) is 5.75 Å². The zero-order valence-electron chi connectivity index (χ0n) is 16.1. The van der Waals surface area contributed by atoms with Crippen LogP contribution in [0.25, 0.3) is 0 Å². The maximum Gasteiger partial charge on any atom is 0.127 e. The first-order valence-corrected chi connectivity index (χ1v) is 10.2. The fourth-order valence-electron chi connectivity index (χ4n) is 2.56. The van der Waals surface area contributed by atoms with Crippen LogP contribution >= 0.6 is 8.58 Å². The van der Waals surface area contributed by atoms with Gasteiger partial charge >= 0.3 is 0 Å². The molecule has 3 rings (SSSR count). The second-order valence-electron chi connectivity index (χ2n) is 7.41. The summed E-state index contributed by atoms with van der Waals surface area (Å²) in [5.74, 6) is 0.947. The molecule has 1 unspecified atom stereocenters.